The van der Waals surface area contributed by atoms with Gasteiger partial charge < -0.3 is 16.2 Å². The van der Waals surface area contributed by atoms with E-state index in [2.05, 4.69) is 9.97 Å². The summed E-state index contributed by atoms with van der Waals surface area (Å²) in [6.07, 6.45) is 3.03. The number of aromatic nitrogens is 2. The molecule has 1 heterocycles. The molecule has 1 aromatic carbocycles. The second-order valence-corrected chi connectivity index (χ2v) is 3.16. The zero-order valence-electron chi connectivity index (χ0n) is 8.60. The zero-order valence-corrected chi connectivity index (χ0v) is 8.60. The summed E-state index contributed by atoms with van der Waals surface area (Å²) < 4.78 is 5.05. The Bertz CT molecular complexity index is 568. The number of fused-ring (bicyclic) bond motifs is 1. The lowest BCUT2D eigenvalue weighted by atomic mass is 10.1. The third-order valence-corrected chi connectivity index (χ3v) is 2.23. The summed E-state index contributed by atoms with van der Waals surface area (Å²) in [5.74, 6) is -0.347. The molecule has 16 heavy (non-hydrogen) atoms. The molecule has 0 bridgehead atoms. The van der Waals surface area contributed by atoms with Gasteiger partial charge in [0.15, 0.2) is 0 Å². The maximum Gasteiger partial charge on any atom is 0.254 e. The number of nitrogens with zero attached hydrogens (tertiary/aromatic N) is 2. The van der Waals surface area contributed by atoms with Crippen molar-refractivity contribution in [1.82, 2.24) is 9.97 Å². The molecule has 0 aliphatic rings. The Morgan fingerprint density at radius 2 is 2.06 bits per heavy atom. The van der Waals surface area contributed by atoms with Crippen molar-refractivity contribution in [2.45, 2.75) is 0 Å². The average molecular weight is 218 g/mol. The van der Waals surface area contributed by atoms with Crippen molar-refractivity contribution in [3.05, 3.63) is 24.0 Å². The van der Waals surface area contributed by atoms with E-state index in [0.29, 0.717) is 16.8 Å². The minimum atomic E-state index is -0.651. The van der Waals surface area contributed by atoms with Crippen LogP contribution in [0.1, 0.15) is 10.4 Å². The number of benzene rings is 1. The predicted octanol–water partition coefficient (Wildman–Crippen LogP) is 0.320. The number of methoxy groups -OCH3 is 1. The lowest BCUT2D eigenvalue weighted by Gasteiger charge is -2.10. The van der Waals surface area contributed by atoms with Crippen molar-refractivity contribution < 1.29 is 9.53 Å². The van der Waals surface area contributed by atoms with Gasteiger partial charge in [-0.05, 0) is 0 Å². The summed E-state index contributed by atoms with van der Waals surface area (Å²) in [5, 5.41) is 0. The second kappa shape index (κ2) is 3.65. The lowest BCUT2D eigenvalue weighted by Crippen LogP contribution is -2.15. The minimum Gasteiger partial charge on any atom is -0.496 e. The first-order valence-corrected chi connectivity index (χ1v) is 4.52. The molecule has 0 fully saturated rings. The number of amides is 1. The fourth-order valence-electron chi connectivity index (χ4n) is 1.52. The molecule has 1 amide bonds. The third kappa shape index (κ3) is 1.40. The van der Waals surface area contributed by atoms with Crippen molar-refractivity contribution in [2.24, 2.45) is 5.73 Å². The normalized spacial score (nSPS) is 10.3. The van der Waals surface area contributed by atoms with Gasteiger partial charge in [0, 0.05) is 18.5 Å². The van der Waals surface area contributed by atoms with E-state index >= 15 is 0 Å². The molecule has 0 radical (unpaired) electrons. The van der Waals surface area contributed by atoms with Crippen LogP contribution in [0.2, 0.25) is 0 Å². The van der Waals surface area contributed by atoms with Gasteiger partial charge in [-0.3, -0.25) is 14.8 Å². The van der Waals surface area contributed by atoms with E-state index < -0.39 is 5.91 Å². The van der Waals surface area contributed by atoms with Crippen LogP contribution in [0.3, 0.4) is 0 Å². The number of hydrogen-bond acceptors (Lipinski definition) is 5. The molecule has 0 aliphatic heterocycles. The highest BCUT2D eigenvalue weighted by atomic mass is 16.5. The Kier molecular flexibility index (Phi) is 2.32. The number of carbonyl (C=O) groups excluding carboxylic acids is 1. The topological polar surface area (TPSA) is 104 Å². The van der Waals surface area contributed by atoms with Gasteiger partial charge in [-0.25, -0.2) is 0 Å². The van der Waals surface area contributed by atoms with Gasteiger partial charge in [0.1, 0.15) is 16.8 Å². The summed E-state index contributed by atoms with van der Waals surface area (Å²) in [7, 11) is 1.43. The molecule has 0 unspecified atom stereocenters. The largest absolute Gasteiger partial charge is 0.496 e. The van der Waals surface area contributed by atoms with Crippen LogP contribution in [0.15, 0.2) is 18.5 Å². The fourth-order valence-corrected chi connectivity index (χ4v) is 1.52. The maximum absolute atomic E-state index is 11.3. The first kappa shape index (κ1) is 10.2. The quantitative estimate of drug-likeness (QED) is 0.706. The standard InChI is InChI=1S/C10H10N4O2/c1-16-6-4-5-9(14-3-2-13-5)8(11)7(6)10(12)15/h2-4H,11H2,1H3,(H2,12,15). The van der Waals surface area contributed by atoms with Gasteiger partial charge in [0.25, 0.3) is 5.91 Å². The smallest absolute Gasteiger partial charge is 0.254 e. The summed E-state index contributed by atoms with van der Waals surface area (Å²) in [6.45, 7) is 0. The van der Waals surface area contributed by atoms with Gasteiger partial charge in [-0.15, -0.1) is 0 Å². The molecule has 0 spiro atoms. The monoisotopic (exact) mass is 218 g/mol. The highest BCUT2D eigenvalue weighted by molar-refractivity contribution is 6.07. The number of hydrogen-bond donors (Lipinski definition) is 2. The minimum absolute atomic E-state index is 0.135. The van der Waals surface area contributed by atoms with Crippen LogP contribution in [0.4, 0.5) is 5.69 Å². The molecule has 4 N–H and O–H groups in total. The van der Waals surface area contributed by atoms with Gasteiger partial charge in [-0.1, -0.05) is 0 Å². The molecule has 2 rings (SSSR count). The highest BCUT2D eigenvalue weighted by Gasteiger charge is 2.17. The first-order valence-electron chi connectivity index (χ1n) is 4.52. The Hall–Kier alpha value is -2.37. The fraction of sp³-hybridized carbons (Fsp3) is 0.100. The number of primary amides is 1. The molecule has 0 saturated heterocycles. The number of rotatable bonds is 2. The molecule has 0 saturated carbocycles. The van der Waals surface area contributed by atoms with Gasteiger partial charge in [0.05, 0.1) is 18.3 Å². The Morgan fingerprint density at radius 1 is 1.38 bits per heavy atom. The van der Waals surface area contributed by atoms with E-state index in [4.69, 9.17) is 16.2 Å². The average Bonchev–Trinajstić information content (AvgIpc) is 2.28. The van der Waals surface area contributed by atoms with Crippen molar-refractivity contribution in [2.75, 3.05) is 12.8 Å². The number of nitrogen functional groups attached to an aromatic ring is 1. The molecule has 1 aromatic heterocycles. The summed E-state index contributed by atoms with van der Waals surface area (Å²) in [6, 6.07) is 1.58. The van der Waals surface area contributed by atoms with E-state index in [-0.39, 0.29) is 11.3 Å². The molecular weight excluding hydrogens is 208 g/mol. The van der Waals surface area contributed by atoms with E-state index in [9.17, 15) is 4.79 Å². The van der Waals surface area contributed by atoms with Crippen molar-refractivity contribution in [1.29, 1.82) is 0 Å². The van der Waals surface area contributed by atoms with Crippen LogP contribution >= 0.6 is 0 Å². The number of ether oxygens (including phenoxy) is 1. The van der Waals surface area contributed by atoms with Crippen LogP contribution < -0.4 is 16.2 Å². The molecule has 2 aromatic rings. The lowest BCUT2D eigenvalue weighted by molar-refractivity contribution is 0.0998. The van der Waals surface area contributed by atoms with E-state index in [0.717, 1.165) is 0 Å². The van der Waals surface area contributed by atoms with Crippen LogP contribution in [-0.4, -0.2) is 23.0 Å². The van der Waals surface area contributed by atoms with Gasteiger partial charge in [0.2, 0.25) is 0 Å². The van der Waals surface area contributed by atoms with E-state index in [1.54, 1.807) is 6.07 Å². The van der Waals surface area contributed by atoms with E-state index in [1.807, 2.05) is 0 Å². The van der Waals surface area contributed by atoms with E-state index in [1.165, 1.54) is 19.5 Å². The van der Waals surface area contributed by atoms with Crippen molar-refractivity contribution >= 4 is 22.6 Å². The van der Waals surface area contributed by atoms with Crippen molar-refractivity contribution in [3.63, 3.8) is 0 Å². The highest BCUT2D eigenvalue weighted by Crippen LogP contribution is 2.30. The van der Waals surface area contributed by atoms with Crippen LogP contribution in [0.25, 0.3) is 11.0 Å². The Labute approximate surface area is 91.2 Å². The third-order valence-electron chi connectivity index (χ3n) is 2.23. The molecule has 0 aliphatic carbocycles. The molecule has 0 atom stereocenters. The molecule has 82 valence electrons. The van der Waals surface area contributed by atoms with Gasteiger partial charge >= 0.3 is 0 Å². The second-order valence-electron chi connectivity index (χ2n) is 3.16. The van der Waals surface area contributed by atoms with Gasteiger partial charge in [-0.2, -0.15) is 0 Å². The summed E-state index contributed by atoms with van der Waals surface area (Å²) in [4.78, 5) is 19.4. The SMILES string of the molecule is COc1cc2nccnc2c(N)c1C(N)=O. The maximum atomic E-state index is 11.3. The molecule has 6 heteroatoms. The Morgan fingerprint density at radius 3 is 2.69 bits per heavy atom. The molecule has 6 nitrogen and oxygen atoms in total. The van der Waals surface area contributed by atoms with Crippen LogP contribution in [0, 0.1) is 0 Å². The number of anilines is 1. The summed E-state index contributed by atoms with van der Waals surface area (Å²) >= 11 is 0. The van der Waals surface area contributed by atoms with Crippen molar-refractivity contribution in [3.8, 4) is 5.75 Å². The first-order chi connectivity index (χ1) is 7.65. The molecular formula is C10H10N4O2. The summed E-state index contributed by atoms with van der Waals surface area (Å²) in [5.41, 5.74) is 12.4. The van der Waals surface area contributed by atoms with Crippen LogP contribution in [-0.2, 0) is 0 Å². The zero-order chi connectivity index (χ0) is 11.7. The Balaban J connectivity index is 2.87. The number of nitrogens with two attached hydrogens (primary N) is 2. The number of carbonyl (C=O) groups is 1. The van der Waals surface area contributed by atoms with Crippen LogP contribution in [0.5, 0.6) is 5.75 Å². The predicted molar refractivity (Wildman–Crippen MR) is 59.0 cm³/mol.